The average molecular weight is 424 g/mol. The van der Waals surface area contributed by atoms with Gasteiger partial charge in [-0.05, 0) is 30.3 Å². The fourth-order valence-electron chi connectivity index (χ4n) is 2.39. The third kappa shape index (κ3) is 3.95. The highest BCUT2D eigenvalue weighted by molar-refractivity contribution is 7.93. The van der Waals surface area contributed by atoms with E-state index in [0.717, 1.165) is 16.2 Å². The Kier molecular flexibility index (Phi) is 5.45. The van der Waals surface area contributed by atoms with E-state index in [1.807, 2.05) is 0 Å². The summed E-state index contributed by atoms with van der Waals surface area (Å²) < 4.78 is 26.4. The van der Waals surface area contributed by atoms with Crippen molar-refractivity contribution in [3.05, 3.63) is 59.0 Å². The van der Waals surface area contributed by atoms with Gasteiger partial charge in [0, 0.05) is 41.6 Å². The SMILES string of the molecule is CN(Cc1cc(-c2cccnc2Cl)c(S(=O)(=O)c2cccnc2)s1)C(=O)O. The molecule has 1 amide bonds. The van der Waals surface area contributed by atoms with E-state index in [4.69, 9.17) is 16.7 Å². The molecule has 10 heteroatoms. The molecule has 3 aromatic rings. The standard InChI is InChI=1S/C17H14ClN3O4S2/c1-21(17(22)23)10-11-8-14(13-5-3-7-20-15(13)18)16(26-11)27(24,25)12-4-2-6-19-9-12/h2-9H,10H2,1H3,(H,22,23). The van der Waals surface area contributed by atoms with Crippen LogP contribution in [0.1, 0.15) is 4.88 Å². The lowest BCUT2D eigenvalue weighted by Crippen LogP contribution is -2.23. The third-order valence-electron chi connectivity index (χ3n) is 3.71. The van der Waals surface area contributed by atoms with Gasteiger partial charge in [-0.1, -0.05) is 11.6 Å². The minimum atomic E-state index is -3.87. The number of aromatic nitrogens is 2. The molecule has 140 valence electrons. The minimum Gasteiger partial charge on any atom is -0.465 e. The molecule has 0 saturated heterocycles. The van der Waals surface area contributed by atoms with E-state index < -0.39 is 15.9 Å². The molecule has 27 heavy (non-hydrogen) atoms. The van der Waals surface area contributed by atoms with Crippen molar-refractivity contribution in [2.75, 3.05) is 7.05 Å². The summed E-state index contributed by atoms with van der Waals surface area (Å²) in [6.45, 7) is 0.0490. The first-order valence-corrected chi connectivity index (χ1v) is 10.3. The maximum Gasteiger partial charge on any atom is 0.407 e. The first-order chi connectivity index (χ1) is 12.8. The largest absolute Gasteiger partial charge is 0.465 e. The van der Waals surface area contributed by atoms with Gasteiger partial charge in [-0.3, -0.25) is 4.98 Å². The molecule has 3 heterocycles. The highest BCUT2D eigenvalue weighted by Crippen LogP contribution is 2.40. The first-order valence-electron chi connectivity index (χ1n) is 7.63. The lowest BCUT2D eigenvalue weighted by Gasteiger charge is -2.10. The van der Waals surface area contributed by atoms with Gasteiger partial charge < -0.3 is 10.0 Å². The quantitative estimate of drug-likeness (QED) is 0.626. The molecule has 0 radical (unpaired) electrons. The third-order valence-corrected chi connectivity index (χ3v) is 7.40. The second-order valence-corrected chi connectivity index (χ2v) is 9.23. The summed E-state index contributed by atoms with van der Waals surface area (Å²) in [6, 6.07) is 7.96. The van der Waals surface area contributed by atoms with Crippen LogP contribution in [-0.2, 0) is 16.4 Å². The highest BCUT2D eigenvalue weighted by Gasteiger charge is 2.27. The zero-order valence-electron chi connectivity index (χ0n) is 14.0. The number of sulfone groups is 1. The minimum absolute atomic E-state index is 0.0475. The summed E-state index contributed by atoms with van der Waals surface area (Å²) in [5.74, 6) is 0. The molecule has 0 aliphatic heterocycles. The summed E-state index contributed by atoms with van der Waals surface area (Å²) >= 11 is 7.18. The van der Waals surface area contributed by atoms with Gasteiger partial charge >= 0.3 is 6.09 Å². The summed E-state index contributed by atoms with van der Waals surface area (Å²) in [7, 11) is -2.46. The topological polar surface area (TPSA) is 100 Å². The number of hydrogen-bond acceptors (Lipinski definition) is 6. The van der Waals surface area contributed by atoms with Gasteiger partial charge in [0.25, 0.3) is 0 Å². The molecule has 0 unspecified atom stereocenters. The zero-order valence-corrected chi connectivity index (χ0v) is 16.4. The number of pyridine rings is 2. The molecule has 0 aliphatic carbocycles. The molecule has 0 fully saturated rings. The van der Waals surface area contributed by atoms with Crippen molar-refractivity contribution < 1.29 is 18.3 Å². The van der Waals surface area contributed by atoms with Crippen molar-refractivity contribution in [2.45, 2.75) is 15.6 Å². The van der Waals surface area contributed by atoms with Crippen LogP contribution in [0.4, 0.5) is 4.79 Å². The van der Waals surface area contributed by atoms with Crippen LogP contribution in [0.3, 0.4) is 0 Å². The molecule has 3 rings (SSSR count). The predicted octanol–water partition coefficient (Wildman–Crippen LogP) is 3.80. The molecular formula is C17H14ClN3O4S2. The van der Waals surface area contributed by atoms with E-state index >= 15 is 0 Å². The number of hydrogen-bond donors (Lipinski definition) is 1. The number of amides is 1. The summed E-state index contributed by atoms with van der Waals surface area (Å²) in [5.41, 5.74) is 0.845. The summed E-state index contributed by atoms with van der Waals surface area (Å²) in [5, 5.41) is 9.25. The van der Waals surface area contributed by atoms with E-state index in [1.54, 1.807) is 18.2 Å². The fourth-order valence-corrected chi connectivity index (χ4v) is 5.74. The Morgan fingerprint density at radius 1 is 1.26 bits per heavy atom. The number of nitrogens with zero attached hydrogens (tertiary/aromatic N) is 3. The van der Waals surface area contributed by atoms with Crippen molar-refractivity contribution in [1.29, 1.82) is 0 Å². The average Bonchev–Trinajstić information content (AvgIpc) is 3.07. The molecule has 3 aromatic heterocycles. The zero-order chi connectivity index (χ0) is 19.6. The lowest BCUT2D eigenvalue weighted by molar-refractivity contribution is 0.154. The normalized spacial score (nSPS) is 11.3. The second kappa shape index (κ2) is 7.63. The second-order valence-electron chi connectivity index (χ2n) is 5.59. The fraction of sp³-hybridized carbons (Fsp3) is 0.118. The van der Waals surface area contributed by atoms with Crippen LogP contribution in [0, 0.1) is 0 Å². The van der Waals surface area contributed by atoms with Gasteiger partial charge in [-0.2, -0.15) is 0 Å². The van der Waals surface area contributed by atoms with Gasteiger partial charge in [0.2, 0.25) is 9.84 Å². The van der Waals surface area contributed by atoms with Crippen molar-refractivity contribution in [2.24, 2.45) is 0 Å². The van der Waals surface area contributed by atoms with Crippen LogP contribution in [0.15, 0.2) is 58.0 Å². The molecule has 1 N–H and O–H groups in total. The molecule has 0 atom stereocenters. The van der Waals surface area contributed by atoms with E-state index in [9.17, 15) is 13.2 Å². The van der Waals surface area contributed by atoms with Crippen LogP contribution < -0.4 is 0 Å². The Morgan fingerprint density at radius 2 is 2.00 bits per heavy atom. The smallest absolute Gasteiger partial charge is 0.407 e. The van der Waals surface area contributed by atoms with Crippen LogP contribution in [0.5, 0.6) is 0 Å². The van der Waals surface area contributed by atoms with Crippen LogP contribution in [0.25, 0.3) is 11.1 Å². The predicted molar refractivity (Wildman–Crippen MR) is 102 cm³/mol. The Morgan fingerprint density at radius 3 is 2.63 bits per heavy atom. The van der Waals surface area contributed by atoms with E-state index in [2.05, 4.69) is 9.97 Å². The number of halogens is 1. The van der Waals surface area contributed by atoms with Gasteiger partial charge in [-0.15, -0.1) is 11.3 Å². The summed E-state index contributed by atoms with van der Waals surface area (Å²) in [4.78, 5) is 20.7. The van der Waals surface area contributed by atoms with Gasteiger partial charge in [0.05, 0.1) is 11.4 Å². The molecule has 0 spiro atoms. The molecule has 0 saturated carbocycles. The highest BCUT2D eigenvalue weighted by atomic mass is 35.5. The maximum absolute atomic E-state index is 13.1. The Balaban J connectivity index is 2.18. The molecule has 0 aliphatic rings. The van der Waals surface area contributed by atoms with Gasteiger partial charge in [0.1, 0.15) is 9.36 Å². The van der Waals surface area contributed by atoms with Crippen LogP contribution >= 0.6 is 22.9 Å². The van der Waals surface area contributed by atoms with Gasteiger partial charge in [0.15, 0.2) is 0 Å². The van der Waals surface area contributed by atoms with Crippen molar-refractivity contribution in [3.63, 3.8) is 0 Å². The maximum atomic E-state index is 13.1. The first kappa shape index (κ1) is 19.3. The van der Waals surface area contributed by atoms with Crippen molar-refractivity contribution >= 4 is 38.9 Å². The number of rotatable bonds is 5. The molecule has 7 nitrogen and oxygen atoms in total. The number of thiophene rings is 1. The Labute approximate surface area is 164 Å². The summed E-state index contributed by atoms with van der Waals surface area (Å²) in [6.07, 6.45) is 3.15. The molecular weight excluding hydrogens is 410 g/mol. The Hall–Kier alpha value is -2.49. The monoisotopic (exact) mass is 423 g/mol. The lowest BCUT2D eigenvalue weighted by atomic mass is 10.1. The van der Waals surface area contributed by atoms with E-state index in [-0.39, 0.29) is 20.8 Å². The van der Waals surface area contributed by atoms with Crippen LogP contribution in [-0.4, -0.2) is 41.5 Å². The van der Waals surface area contributed by atoms with Crippen molar-refractivity contribution in [1.82, 2.24) is 14.9 Å². The molecule has 0 aromatic carbocycles. The Bertz CT molecular complexity index is 1080. The van der Waals surface area contributed by atoms with Gasteiger partial charge in [-0.25, -0.2) is 18.2 Å². The number of carbonyl (C=O) groups is 1. The van der Waals surface area contributed by atoms with Crippen LogP contribution in [0.2, 0.25) is 5.15 Å². The van der Waals surface area contributed by atoms with E-state index in [0.29, 0.717) is 16.0 Å². The number of carboxylic acid groups (broad SMARTS) is 1. The van der Waals surface area contributed by atoms with Crippen molar-refractivity contribution in [3.8, 4) is 11.1 Å². The van der Waals surface area contributed by atoms with E-state index in [1.165, 1.54) is 37.8 Å². The molecule has 0 bridgehead atoms.